The van der Waals surface area contributed by atoms with Crippen LogP contribution in [0.15, 0.2) is 0 Å². The Morgan fingerprint density at radius 3 is 2.00 bits per heavy atom. The van der Waals surface area contributed by atoms with Crippen LogP contribution in [0, 0.1) is 5.41 Å². The highest BCUT2D eigenvalue weighted by Crippen LogP contribution is 2.73. The van der Waals surface area contributed by atoms with Crippen LogP contribution in [-0.2, 0) is 18.4 Å². The Kier molecular flexibility index (Phi) is 2.38. The lowest BCUT2D eigenvalue weighted by atomic mass is 9.97. The second-order valence-corrected chi connectivity index (χ2v) is 7.66. The standard InChI is InChI=1S/C10H17O4P/c1-8(11)10(4-5-10)15(12)13-6-9(2,3)7-14-15/h4-7H2,1-3H3. The summed E-state index contributed by atoms with van der Waals surface area (Å²) in [4.78, 5) is 11.5. The summed E-state index contributed by atoms with van der Waals surface area (Å²) in [5.74, 6) is -0.0643. The van der Waals surface area contributed by atoms with Gasteiger partial charge in [0.1, 0.15) is 10.9 Å². The molecule has 0 aromatic rings. The molecule has 0 N–H and O–H groups in total. The van der Waals surface area contributed by atoms with E-state index in [1.165, 1.54) is 6.92 Å². The van der Waals surface area contributed by atoms with Crippen molar-refractivity contribution in [3.8, 4) is 0 Å². The van der Waals surface area contributed by atoms with Crippen molar-refractivity contribution in [2.45, 2.75) is 38.8 Å². The van der Waals surface area contributed by atoms with Crippen LogP contribution in [0.1, 0.15) is 33.6 Å². The van der Waals surface area contributed by atoms with E-state index in [1.54, 1.807) is 0 Å². The molecule has 0 atom stereocenters. The third-order valence-electron chi connectivity index (χ3n) is 3.15. The maximum atomic E-state index is 12.4. The van der Waals surface area contributed by atoms with Crippen molar-refractivity contribution in [2.24, 2.45) is 5.41 Å². The van der Waals surface area contributed by atoms with Gasteiger partial charge in [-0.25, -0.2) is 0 Å². The van der Waals surface area contributed by atoms with E-state index in [1.807, 2.05) is 13.8 Å². The SMILES string of the molecule is CC(=O)C1(P2(=O)OCC(C)(C)CO2)CC1. The summed E-state index contributed by atoms with van der Waals surface area (Å²) >= 11 is 0. The van der Waals surface area contributed by atoms with Gasteiger partial charge in [-0.05, 0) is 19.8 Å². The van der Waals surface area contributed by atoms with E-state index in [2.05, 4.69) is 0 Å². The lowest BCUT2D eigenvalue weighted by molar-refractivity contribution is -0.118. The van der Waals surface area contributed by atoms with Crippen molar-refractivity contribution in [3.63, 3.8) is 0 Å². The lowest BCUT2D eigenvalue weighted by Gasteiger charge is -2.36. The fraction of sp³-hybridized carbons (Fsp3) is 0.900. The molecule has 1 saturated carbocycles. The monoisotopic (exact) mass is 232 g/mol. The minimum atomic E-state index is -3.19. The van der Waals surface area contributed by atoms with Crippen LogP contribution in [0.25, 0.3) is 0 Å². The highest BCUT2D eigenvalue weighted by molar-refractivity contribution is 7.57. The summed E-state index contributed by atoms with van der Waals surface area (Å²) in [7, 11) is -3.19. The van der Waals surface area contributed by atoms with Gasteiger partial charge in [0.25, 0.3) is 0 Å². The molecule has 0 radical (unpaired) electrons. The summed E-state index contributed by atoms with van der Waals surface area (Å²) in [5, 5.41) is -0.802. The molecular formula is C10H17O4P. The molecule has 0 spiro atoms. The largest absolute Gasteiger partial charge is 0.344 e. The van der Waals surface area contributed by atoms with E-state index >= 15 is 0 Å². The summed E-state index contributed by atoms with van der Waals surface area (Å²) in [5.41, 5.74) is -0.110. The molecule has 0 aromatic heterocycles. The van der Waals surface area contributed by atoms with Gasteiger partial charge in [0, 0.05) is 5.41 Å². The second kappa shape index (κ2) is 3.16. The normalized spacial score (nSPS) is 30.9. The average molecular weight is 232 g/mol. The quantitative estimate of drug-likeness (QED) is 0.686. The number of hydrogen-bond donors (Lipinski definition) is 0. The number of hydrogen-bond acceptors (Lipinski definition) is 4. The Hall–Kier alpha value is -0.180. The third kappa shape index (κ3) is 1.69. The number of Topliss-reactive ketones (excluding diaryl/α,β-unsaturated/α-hetero) is 1. The van der Waals surface area contributed by atoms with Gasteiger partial charge in [-0.3, -0.25) is 9.36 Å². The molecule has 15 heavy (non-hydrogen) atoms. The topological polar surface area (TPSA) is 52.6 Å². The lowest BCUT2D eigenvalue weighted by Crippen LogP contribution is -2.34. The third-order valence-corrected chi connectivity index (χ3v) is 5.90. The highest BCUT2D eigenvalue weighted by atomic mass is 31.2. The minimum Gasteiger partial charge on any atom is -0.307 e. The number of ketones is 1. The van der Waals surface area contributed by atoms with Crippen LogP contribution in [0.3, 0.4) is 0 Å². The van der Waals surface area contributed by atoms with Gasteiger partial charge < -0.3 is 9.05 Å². The van der Waals surface area contributed by atoms with Crippen LogP contribution < -0.4 is 0 Å². The van der Waals surface area contributed by atoms with Gasteiger partial charge in [-0.1, -0.05) is 13.8 Å². The molecule has 2 aliphatic rings. The Balaban J connectivity index is 2.17. The molecule has 0 unspecified atom stereocenters. The molecule has 2 rings (SSSR count). The number of rotatable bonds is 2. The zero-order chi connectivity index (χ0) is 11.3. The fourth-order valence-corrected chi connectivity index (χ4v) is 4.44. The molecule has 0 aromatic carbocycles. The van der Waals surface area contributed by atoms with Crippen molar-refractivity contribution in [3.05, 3.63) is 0 Å². The first kappa shape index (κ1) is 11.3. The first-order valence-electron chi connectivity index (χ1n) is 5.22. The maximum Gasteiger partial charge on any atom is 0.344 e. The maximum absolute atomic E-state index is 12.4. The summed E-state index contributed by atoms with van der Waals surface area (Å²) in [6.07, 6.45) is 1.28. The predicted octanol–water partition coefficient (Wildman–Crippen LogP) is 2.37. The fourth-order valence-electron chi connectivity index (χ4n) is 1.78. The minimum absolute atomic E-state index is 0.0643. The van der Waals surface area contributed by atoms with Gasteiger partial charge in [0.2, 0.25) is 0 Å². The zero-order valence-electron chi connectivity index (χ0n) is 9.41. The van der Waals surface area contributed by atoms with E-state index in [0.717, 1.165) is 0 Å². The molecule has 1 saturated heterocycles. The van der Waals surface area contributed by atoms with Gasteiger partial charge >= 0.3 is 7.60 Å². The highest BCUT2D eigenvalue weighted by Gasteiger charge is 2.65. The Morgan fingerprint density at radius 1 is 1.20 bits per heavy atom. The molecule has 1 heterocycles. The molecule has 1 aliphatic heterocycles. The number of carbonyl (C=O) groups excluding carboxylic acids is 1. The molecule has 1 aliphatic carbocycles. The molecule has 0 amide bonds. The van der Waals surface area contributed by atoms with Crippen molar-refractivity contribution in [1.82, 2.24) is 0 Å². The molecule has 86 valence electrons. The van der Waals surface area contributed by atoms with E-state index in [9.17, 15) is 9.36 Å². The van der Waals surface area contributed by atoms with E-state index in [0.29, 0.717) is 26.1 Å². The van der Waals surface area contributed by atoms with Crippen LogP contribution in [0.5, 0.6) is 0 Å². The second-order valence-electron chi connectivity index (χ2n) is 5.30. The molecular weight excluding hydrogens is 215 g/mol. The molecule has 2 fully saturated rings. The molecule has 4 nitrogen and oxygen atoms in total. The zero-order valence-corrected chi connectivity index (χ0v) is 10.3. The van der Waals surface area contributed by atoms with Crippen molar-refractivity contribution < 1.29 is 18.4 Å². The van der Waals surface area contributed by atoms with E-state index in [-0.39, 0.29) is 11.2 Å². The van der Waals surface area contributed by atoms with E-state index < -0.39 is 12.8 Å². The predicted molar refractivity (Wildman–Crippen MR) is 55.9 cm³/mol. The van der Waals surface area contributed by atoms with Crippen LogP contribution >= 0.6 is 7.60 Å². The Morgan fingerprint density at radius 2 is 1.67 bits per heavy atom. The number of carbonyl (C=O) groups is 1. The average Bonchev–Trinajstić information content (AvgIpc) is 2.91. The first-order chi connectivity index (χ1) is 6.81. The van der Waals surface area contributed by atoms with Crippen molar-refractivity contribution in [1.29, 1.82) is 0 Å². The van der Waals surface area contributed by atoms with Crippen LogP contribution in [-0.4, -0.2) is 24.2 Å². The van der Waals surface area contributed by atoms with Gasteiger partial charge in [-0.15, -0.1) is 0 Å². The smallest absolute Gasteiger partial charge is 0.307 e. The summed E-state index contributed by atoms with van der Waals surface area (Å²) < 4.78 is 23.1. The van der Waals surface area contributed by atoms with E-state index in [4.69, 9.17) is 9.05 Å². The van der Waals surface area contributed by atoms with Crippen LogP contribution in [0.2, 0.25) is 0 Å². The summed E-state index contributed by atoms with van der Waals surface area (Å²) in [6.45, 7) is 6.26. The Bertz CT molecular complexity index is 329. The van der Waals surface area contributed by atoms with Gasteiger partial charge in [-0.2, -0.15) is 0 Å². The first-order valence-corrected chi connectivity index (χ1v) is 6.76. The summed E-state index contributed by atoms with van der Waals surface area (Å²) in [6, 6.07) is 0. The van der Waals surface area contributed by atoms with Crippen molar-refractivity contribution >= 4 is 13.4 Å². The van der Waals surface area contributed by atoms with Crippen molar-refractivity contribution in [2.75, 3.05) is 13.2 Å². The molecule has 5 heteroatoms. The Labute approximate surface area is 89.9 Å². The molecule has 0 bridgehead atoms. The van der Waals surface area contributed by atoms with Gasteiger partial charge in [0.15, 0.2) is 0 Å². The van der Waals surface area contributed by atoms with Gasteiger partial charge in [0.05, 0.1) is 13.2 Å². The van der Waals surface area contributed by atoms with Crippen LogP contribution in [0.4, 0.5) is 0 Å².